The molecule has 1 aromatic heterocycles. The monoisotopic (exact) mass is 397 g/mol. The van der Waals surface area contributed by atoms with Gasteiger partial charge in [0.15, 0.2) is 11.7 Å². The molecule has 0 saturated carbocycles. The third-order valence-corrected chi connectivity index (χ3v) is 4.12. The number of amides is 1. The summed E-state index contributed by atoms with van der Waals surface area (Å²) in [5, 5.41) is 4.01. The van der Waals surface area contributed by atoms with Gasteiger partial charge in [0.2, 0.25) is 0 Å². The number of hydrogen-bond acceptors (Lipinski definition) is 5. The third-order valence-electron chi connectivity index (χ3n) is 3.92. The number of hydrogen-bond donors (Lipinski definition) is 3. The molecule has 0 aliphatic carbocycles. The minimum Gasteiger partial charge on any atom is -0.484 e. The van der Waals surface area contributed by atoms with Crippen molar-refractivity contribution in [2.75, 3.05) is 11.9 Å². The zero-order valence-corrected chi connectivity index (χ0v) is 16.2. The molecule has 28 heavy (non-hydrogen) atoms. The van der Waals surface area contributed by atoms with Gasteiger partial charge in [-0.15, -0.1) is 0 Å². The number of carbonyl (C=O) groups excluding carboxylic acids is 1. The average Bonchev–Trinajstić information content (AvgIpc) is 2.66. The number of anilines is 1. The molecule has 0 aliphatic heterocycles. The van der Waals surface area contributed by atoms with Gasteiger partial charge in [0, 0.05) is 23.2 Å². The molecule has 1 amide bonds. The van der Waals surface area contributed by atoms with Crippen molar-refractivity contribution in [2.45, 2.75) is 13.8 Å². The van der Waals surface area contributed by atoms with E-state index in [0.717, 1.165) is 22.2 Å². The van der Waals surface area contributed by atoms with Crippen LogP contribution in [0.1, 0.15) is 11.1 Å². The SMILES string of the molecule is Cc1ccc(NC(=S)NNC(=O)COc2ccc3c(C)cc(=O)oc3c2)cc1. The Hall–Kier alpha value is -3.39. The molecule has 1 heterocycles. The number of carbonyl (C=O) groups is 1. The highest BCUT2D eigenvalue weighted by atomic mass is 32.1. The molecule has 0 radical (unpaired) electrons. The van der Waals surface area contributed by atoms with E-state index >= 15 is 0 Å². The van der Waals surface area contributed by atoms with Crippen LogP contribution in [0, 0.1) is 13.8 Å². The van der Waals surface area contributed by atoms with E-state index in [-0.39, 0.29) is 11.7 Å². The predicted molar refractivity (Wildman–Crippen MR) is 111 cm³/mol. The van der Waals surface area contributed by atoms with E-state index in [1.165, 1.54) is 6.07 Å². The van der Waals surface area contributed by atoms with E-state index in [9.17, 15) is 9.59 Å². The largest absolute Gasteiger partial charge is 0.484 e. The highest BCUT2D eigenvalue weighted by molar-refractivity contribution is 7.80. The summed E-state index contributed by atoms with van der Waals surface area (Å²) >= 11 is 5.12. The Kier molecular flexibility index (Phi) is 5.90. The molecule has 7 nitrogen and oxygen atoms in total. The van der Waals surface area contributed by atoms with Crippen molar-refractivity contribution >= 4 is 39.9 Å². The molecular weight excluding hydrogens is 378 g/mol. The predicted octanol–water partition coefficient (Wildman–Crippen LogP) is 2.81. The molecule has 2 aromatic carbocycles. The zero-order valence-electron chi connectivity index (χ0n) is 15.4. The summed E-state index contributed by atoms with van der Waals surface area (Å²) in [4.78, 5) is 23.4. The molecule has 0 saturated heterocycles. The maximum atomic E-state index is 11.9. The number of fused-ring (bicyclic) bond motifs is 1. The third kappa shape index (κ3) is 5.08. The summed E-state index contributed by atoms with van der Waals surface area (Å²) < 4.78 is 10.6. The summed E-state index contributed by atoms with van der Waals surface area (Å²) in [6, 6.07) is 14.2. The number of ether oxygens (including phenoxy) is 1. The van der Waals surface area contributed by atoms with E-state index in [1.54, 1.807) is 18.2 Å². The van der Waals surface area contributed by atoms with Crippen LogP contribution in [-0.4, -0.2) is 17.6 Å². The molecule has 0 spiro atoms. The van der Waals surface area contributed by atoms with Crippen molar-refractivity contribution in [1.29, 1.82) is 0 Å². The fourth-order valence-electron chi connectivity index (χ4n) is 2.51. The van der Waals surface area contributed by atoms with Crippen LogP contribution in [0.15, 0.2) is 57.7 Å². The lowest BCUT2D eigenvalue weighted by atomic mass is 10.1. The first kappa shape index (κ1) is 19.4. The van der Waals surface area contributed by atoms with Crippen molar-refractivity contribution < 1.29 is 13.9 Å². The second-order valence-electron chi connectivity index (χ2n) is 6.19. The van der Waals surface area contributed by atoms with Gasteiger partial charge in [-0.3, -0.25) is 15.6 Å². The van der Waals surface area contributed by atoms with Crippen LogP contribution in [0.2, 0.25) is 0 Å². The van der Waals surface area contributed by atoms with Crippen LogP contribution >= 0.6 is 12.2 Å². The molecule has 0 atom stereocenters. The van der Waals surface area contributed by atoms with Crippen molar-refractivity contribution in [2.24, 2.45) is 0 Å². The first-order chi connectivity index (χ1) is 13.4. The Morgan fingerprint density at radius 2 is 1.82 bits per heavy atom. The van der Waals surface area contributed by atoms with Crippen molar-refractivity contribution in [1.82, 2.24) is 10.9 Å². The lowest BCUT2D eigenvalue weighted by molar-refractivity contribution is -0.123. The molecule has 3 N–H and O–H groups in total. The van der Waals surface area contributed by atoms with Crippen LogP contribution in [0.25, 0.3) is 11.0 Å². The molecule has 0 aliphatic rings. The number of thiocarbonyl (C=S) groups is 1. The summed E-state index contributed by atoms with van der Waals surface area (Å²) in [5.74, 6) is -0.00407. The van der Waals surface area contributed by atoms with Crippen LogP contribution in [0.5, 0.6) is 5.75 Å². The van der Waals surface area contributed by atoms with Crippen LogP contribution in [0.3, 0.4) is 0 Å². The van der Waals surface area contributed by atoms with Gasteiger partial charge in [0.25, 0.3) is 5.91 Å². The Bertz CT molecular complexity index is 1080. The molecule has 3 rings (SSSR count). The van der Waals surface area contributed by atoms with Gasteiger partial charge in [0.1, 0.15) is 11.3 Å². The van der Waals surface area contributed by atoms with Gasteiger partial charge in [-0.1, -0.05) is 17.7 Å². The summed E-state index contributed by atoms with van der Waals surface area (Å²) in [7, 11) is 0. The molecule has 8 heteroatoms. The minimum atomic E-state index is -0.432. The number of rotatable bonds is 4. The smallest absolute Gasteiger partial charge is 0.336 e. The topological polar surface area (TPSA) is 92.6 Å². The summed E-state index contributed by atoms with van der Waals surface area (Å²) in [5.41, 5.74) is 7.79. The number of benzene rings is 2. The van der Waals surface area contributed by atoms with Crippen LogP contribution in [-0.2, 0) is 4.79 Å². The lowest BCUT2D eigenvalue weighted by Crippen LogP contribution is -2.45. The normalized spacial score (nSPS) is 10.4. The van der Waals surface area contributed by atoms with Crippen molar-refractivity contribution in [3.8, 4) is 5.75 Å². The number of hydrazine groups is 1. The van der Waals surface area contributed by atoms with E-state index in [4.69, 9.17) is 21.4 Å². The highest BCUT2D eigenvalue weighted by Crippen LogP contribution is 2.22. The van der Waals surface area contributed by atoms with Gasteiger partial charge in [-0.25, -0.2) is 4.79 Å². The fourth-order valence-corrected chi connectivity index (χ4v) is 2.67. The molecular formula is C20H19N3O4S. The average molecular weight is 397 g/mol. The van der Waals surface area contributed by atoms with E-state index in [2.05, 4.69) is 16.2 Å². The molecule has 3 aromatic rings. The van der Waals surface area contributed by atoms with E-state index in [1.807, 2.05) is 38.1 Å². The standard InChI is InChI=1S/C20H19N3O4S/c1-12-3-5-14(6-4-12)21-20(28)23-22-18(24)11-26-15-7-8-16-13(2)9-19(25)27-17(16)10-15/h3-10H,11H2,1-2H3,(H,22,24)(H2,21,23,28). The van der Waals surface area contributed by atoms with Crippen LogP contribution < -0.4 is 26.5 Å². The highest BCUT2D eigenvalue weighted by Gasteiger charge is 2.07. The van der Waals surface area contributed by atoms with Crippen molar-refractivity contribution in [3.05, 3.63) is 70.1 Å². The first-order valence-corrected chi connectivity index (χ1v) is 8.91. The van der Waals surface area contributed by atoms with E-state index < -0.39 is 11.5 Å². The second-order valence-corrected chi connectivity index (χ2v) is 6.60. The van der Waals surface area contributed by atoms with Gasteiger partial charge in [-0.2, -0.15) is 0 Å². The number of nitrogens with one attached hydrogen (secondary N) is 3. The zero-order chi connectivity index (χ0) is 20.1. The van der Waals surface area contributed by atoms with Gasteiger partial charge >= 0.3 is 5.63 Å². The second kappa shape index (κ2) is 8.53. The minimum absolute atomic E-state index is 0.234. The Balaban J connectivity index is 1.50. The lowest BCUT2D eigenvalue weighted by Gasteiger charge is -2.12. The summed E-state index contributed by atoms with van der Waals surface area (Å²) in [6.07, 6.45) is 0. The Labute approximate surface area is 166 Å². The Morgan fingerprint density at radius 1 is 1.07 bits per heavy atom. The molecule has 0 bridgehead atoms. The van der Waals surface area contributed by atoms with E-state index in [0.29, 0.717) is 11.3 Å². The fraction of sp³-hybridized carbons (Fsp3) is 0.150. The molecule has 144 valence electrons. The maximum absolute atomic E-state index is 11.9. The summed E-state index contributed by atoms with van der Waals surface area (Å²) in [6.45, 7) is 3.58. The first-order valence-electron chi connectivity index (χ1n) is 8.50. The molecule has 0 unspecified atom stereocenters. The van der Waals surface area contributed by atoms with Crippen LogP contribution in [0.4, 0.5) is 5.69 Å². The number of aryl methyl sites for hydroxylation is 2. The van der Waals surface area contributed by atoms with Gasteiger partial charge in [0.05, 0.1) is 0 Å². The van der Waals surface area contributed by atoms with Gasteiger partial charge < -0.3 is 14.5 Å². The quantitative estimate of drug-likeness (QED) is 0.354. The maximum Gasteiger partial charge on any atom is 0.336 e. The Morgan fingerprint density at radius 3 is 2.57 bits per heavy atom. The molecule has 0 fully saturated rings. The van der Waals surface area contributed by atoms with Gasteiger partial charge in [-0.05, 0) is 55.9 Å². The van der Waals surface area contributed by atoms with Crippen molar-refractivity contribution in [3.63, 3.8) is 0 Å².